The van der Waals surface area contributed by atoms with Crippen molar-refractivity contribution in [2.24, 2.45) is 0 Å². The number of carbonyl (C=O) groups is 1. The number of nitrogens with zero attached hydrogens (tertiary/aromatic N) is 1. The highest BCUT2D eigenvalue weighted by Gasteiger charge is 2.27. The van der Waals surface area contributed by atoms with E-state index in [9.17, 15) is 9.90 Å². The Kier molecular flexibility index (Phi) is 4.56. The largest absolute Gasteiger partial charge is 0.394 e. The molecule has 4 nitrogen and oxygen atoms in total. The maximum absolute atomic E-state index is 12.0. The molecule has 1 aromatic carbocycles. The lowest BCUT2D eigenvalue weighted by Crippen LogP contribution is -2.48. The van der Waals surface area contributed by atoms with Gasteiger partial charge in [0.2, 0.25) is 5.91 Å². The van der Waals surface area contributed by atoms with Gasteiger partial charge >= 0.3 is 0 Å². The molecule has 1 unspecified atom stereocenters. The van der Waals surface area contributed by atoms with E-state index in [0.717, 1.165) is 31.5 Å². The highest BCUT2D eigenvalue weighted by molar-refractivity contribution is 5.78. The smallest absolute Gasteiger partial charge is 0.236 e. The predicted molar refractivity (Wildman–Crippen MR) is 74.7 cm³/mol. The van der Waals surface area contributed by atoms with Crippen molar-refractivity contribution >= 4 is 5.91 Å². The Morgan fingerprint density at radius 1 is 1.32 bits per heavy atom. The Balaban J connectivity index is 1.97. The van der Waals surface area contributed by atoms with Crippen LogP contribution >= 0.6 is 0 Å². The average Bonchev–Trinajstić information content (AvgIpc) is 2.99. The van der Waals surface area contributed by atoms with E-state index in [4.69, 9.17) is 0 Å². The zero-order valence-electron chi connectivity index (χ0n) is 11.4. The van der Waals surface area contributed by atoms with Crippen LogP contribution in [0.3, 0.4) is 0 Å². The van der Waals surface area contributed by atoms with Gasteiger partial charge in [-0.2, -0.15) is 0 Å². The topological polar surface area (TPSA) is 52.6 Å². The van der Waals surface area contributed by atoms with E-state index in [2.05, 4.69) is 5.32 Å². The fraction of sp³-hybridized carbons (Fsp3) is 0.533. The predicted octanol–water partition coefficient (Wildman–Crippen LogP) is 1.11. The van der Waals surface area contributed by atoms with E-state index in [1.54, 1.807) is 0 Å². The molecule has 0 aromatic heterocycles. The van der Waals surface area contributed by atoms with Gasteiger partial charge in [0.15, 0.2) is 0 Å². The quantitative estimate of drug-likeness (QED) is 0.835. The molecule has 2 N–H and O–H groups in total. The molecule has 1 aliphatic rings. The summed E-state index contributed by atoms with van der Waals surface area (Å²) in [6.45, 7) is 3.87. The number of benzene rings is 1. The monoisotopic (exact) mass is 262 g/mol. The summed E-state index contributed by atoms with van der Waals surface area (Å²) in [5.41, 5.74) is 0.420. The lowest BCUT2D eigenvalue weighted by molar-refractivity contribution is -0.129. The van der Waals surface area contributed by atoms with Crippen molar-refractivity contribution in [1.82, 2.24) is 10.2 Å². The first kappa shape index (κ1) is 14.0. The molecule has 104 valence electrons. The van der Waals surface area contributed by atoms with Crippen molar-refractivity contribution in [3.05, 3.63) is 35.9 Å². The van der Waals surface area contributed by atoms with Gasteiger partial charge in [-0.3, -0.25) is 10.1 Å². The maximum atomic E-state index is 12.0. The zero-order chi connectivity index (χ0) is 13.7. The number of aliphatic hydroxyl groups is 1. The Morgan fingerprint density at radius 3 is 2.53 bits per heavy atom. The van der Waals surface area contributed by atoms with Gasteiger partial charge in [0.05, 0.1) is 18.7 Å². The number of carbonyl (C=O) groups excluding carboxylic acids is 1. The van der Waals surface area contributed by atoms with Crippen molar-refractivity contribution in [1.29, 1.82) is 0 Å². The third-order valence-corrected chi connectivity index (χ3v) is 3.82. The number of hydrogen-bond donors (Lipinski definition) is 2. The highest BCUT2D eigenvalue weighted by atomic mass is 16.3. The van der Waals surface area contributed by atoms with Gasteiger partial charge in [-0.15, -0.1) is 0 Å². The van der Waals surface area contributed by atoms with E-state index in [-0.39, 0.29) is 19.1 Å². The van der Waals surface area contributed by atoms with Gasteiger partial charge in [0.1, 0.15) is 0 Å². The van der Waals surface area contributed by atoms with Crippen LogP contribution in [-0.4, -0.2) is 42.2 Å². The van der Waals surface area contributed by atoms with E-state index >= 15 is 0 Å². The molecule has 1 heterocycles. The van der Waals surface area contributed by atoms with Crippen molar-refractivity contribution < 1.29 is 9.90 Å². The molecule has 1 amide bonds. The molecule has 0 radical (unpaired) electrons. The normalized spacial score (nSPS) is 18.3. The summed E-state index contributed by atoms with van der Waals surface area (Å²) in [5.74, 6) is 0.119. The first-order chi connectivity index (χ1) is 9.15. The number of rotatable bonds is 5. The lowest BCUT2D eigenvalue weighted by atomic mass is 9.93. The Hall–Kier alpha value is -1.39. The average molecular weight is 262 g/mol. The van der Waals surface area contributed by atoms with Crippen molar-refractivity contribution in [3.8, 4) is 0 Å². The molecule has 1 fully saturated rings. The molecule has 0 saturated carbocycles. The Morgan fingerprint density at radius 2 is 1.95 bits per heavy atom. The van der Waals surface area contributed by atoms with Gasteiger partial charge in [-0.1, -0.05) is 30.3 Å². The maximum Gasteiger partial charge on any atom is 0.236 e. The molecule has 4 heteroatoms. The van der Waals surface area contributed by atoms with Crippen LogP contribution in [0.4, 0.5) is 0 Å². The minimum Gasteiger partial charge on any atom is -0.394 e. The fourth-order valence-corrected chi connectivity index (χ4v) is 2.40. The van der Waals surface area contributed by atoms with E-state index in [0.29, 0.717) is 0 Å². The number of hydrogen-bond acceptors (Lipinski definition) is 3. The minimum atomic E-state index is -0.573. The van der Waals surface area contributed by atoms with Crippen LogP contribution < -0.4 is 5.32 Å². The summed E-state index contributed by atoms with van der Waals surface area (Å²) in [4.78, 5) is 13.9. The standard InChI is InChI=1S/C15H22N2O2/c1-15(12-18,13-7-3-2-4-8-13)16-11-14(19)17-9-5-6-10-17/h2-4,7-8,16,18H,5-6,9-12H2,1H3. The van der Waals surface area contributed by atoms with Gasteiger partial charge in [-0.25, -0.2) is 0 Å². The van der Waals surface area contributed by atoms with Crippen LogP contribution in [0, 0.1) is 0 Å². The Bertz CT molecular complexity index is 415. The Labute approximate surface area is 114 Å². The third-order valence-electron chi connectivity index (χ3n) is 3.82. The van der Waals surface area contributed by atoms with Crippen LogP contribution in [0.2, 0.25) is 0 Å². The van der Waals surface area contributed by atoms with Gasteiger partial charge in [0.25, 0.3) is 0 Å². The van der Waals surface area contributed by atoms with Crippen molar-refractivity contribution in [3.63, 3.8) is 0 Å². The van der Waals surface area contributed by atoms with Gasteiger partial charge < -0.3 is 10.0 Å². The second-order valence-corrected chi connectivity index (χ2v) is 5.30. The first-order valence-electron chi connectivity index (χ1n) is 6.85. The van der Waals surface area contributed by atoms with Crippen molar-refractivity contribution in [2.45, 2.75) is 25.3 Å². The van der Waals surface area contributed by atoms with Crippen LogP contribution in [0.15, 0.2) is 30.3 Å². The first-order valence-corrected chi connectivity index (χ1v) is 6.85. The van der Waals surface area contributed by atoms with Crippen LogP contribution in [0.25, 0.3) is 0 Å². The summed E-state index contributed by atoms with van der Waals surface area (Å²) >= 11 is 0. The molecule has 1 atom stereocenters. The fourth-order valence-electron chi connectivity index (χ4n) is 2.40. The van der Waals surface area contributed by atoms with Crippen LogP contribution in [0.5, 0.6) is 0 Å². The van der Waals surface area contributed by atoms with E-state index < -0.39 is 5.54 Å². The van der Waals surface area contributed by atoms with Crippen molar-refractivity contribution in [2.75, 3.05) is 26.2 Å². The third kappa shape index (κ3) is 3.33. The summed E-state index contributed by atoms with van der Waals surface area (Å²) in [6, 6.07) is 9.74. The zero-order valence-corrected chi connectivity index (χ0v) is 11.4. The minimum absolute atomic E-state index is 0.0374. The summed E-state index contributed by atoms with van der Waals surface area (Å²) in [6.07, 6.45) is 2.20. The van der Waals surface area contributed by atoms with E-state index in [1.165, 1.54) is 0 Å². The van der Waals surface area contributed by atoms with Gasteiger partial charge in [-0.05, 0) is 25.3 Å². The molecule has 0 bridgehead atoms. The lowest BCUT2D eigenvalue weighted by Gasteiger charge is -2.30. The van der Waals surface area contributed by atoms with Crippen LogP contribution in [0.1, 0.15) is 25.3 Å². The van der Waals surface area contributed by atoms with Crippen LogP contribution in [-0.2, 0) is 10.3 Å². The second kappa shape index (κ2) is 6.17. The molecular formula is C15H22N2O2. The summed E-state index contributed by atoms with van der Waals surface area (Å²) < 4.78 is 0. The molecule has 1 saturated heterocycles. The molecule has 19 heavy (non-hydrogen) atoms. The van der Waals surface area contributed by atoms with Gasteiger partial charge in [0, 0.05) is 13.1 Å². The molecular weight excluding hydrogens is 240 g/mol. The molecule has 1 aromatic rings. The number of nitrogens with one attached hydrogen (secondary N) is 1. The molecule has 0 aliphatic carbocycles. The highest BCUT2D eigenvalue weighted by Crippen LogP contribution is 2.19. The summed E-state index contributed by atoms with van der Waals surface area (Å²) in [5, 5.41) is 12.8. The SMILES string of the molecule is CC(CO)(NCC(=O)N1CCCC1)c1ccccc1. The summed E-state index contributed by atoms with van der Waals surface area (Å²) in [7, 11) is 0. The number of aliphatic hydroxyl groups excluding tert-OH is 1. The van der Waals surface area contributed by atoms with E-state index in [1.807, 2.05) is 42.2 Å². The molecule has 2 rings (SSSR count). The molecule has 0 spiro atoms. The number of amides is 1. The number of likely N-dealkylation sites (tertiary alicyclic amines) is 1. The molecule has 1 aliphatic heterocycles. The second-order valence-electron chi connectivity index (χ2n) is 5.30.